The molecule has 120 valence electrons. The number of aliphatic hydroxyl groups is 1. The van der Waals surface area contributed by atoms with E-state index in [2.05, 4.69) is 16.0 Å². The number of hydrogen-bond acceptors (Lipinski definition) is 4. The zero-order chi connectivity index (χ0) is 16.5. The molecule has 0 aliphatic rings. The summed E-state index contributed by atoms with van der Waals surface area (Å²) in [5.41, 5.74) is 0.316. The van der Waals surface area contributed by atoms with Crippen molar-refractivity contribution in [2.45, 2.75) is 19.4 Å². The first-order chi connectivity index (χ1) is 10.4. The van der Waals surface area contributed by atoms with Crippen molar-refractivity contribution in [2.24, 2.45) is 0 Å². The van der Waals surface area contributed by atoms with Crippen LogP contribution in [0.2, 0.25) is 0 Å². The Balaban J connectivity index is 2.32. The summed E-state index contributed by atoms with van der Waals surface area (Å²) >= 11 is 0. The standard InChI is InChI=1S/C14H18FN3O4/c1-9(19)16-6-7-17-13(21)8-12(20)14(22)18-11-4-2-10(15)3-5-11/h2-5,12,20H,6-8H2,1H3,(H,16,19)(H,17,21)(H,18,22)/t12-/m1/s1. The smallest absolute Gasteiger partial charge is 0.253 e. The fraction of sp³-hybridized carbons (Fsp3) is 0.357. The largest absolute Gasteiger partial charge is 0.383 e. The van der Waals surface area contributed by atoms with E-state index in [4.69, 9.17) is 0 Å². The molecule has 4 N–H and O–H groups in total. The molecule has 0 bridgehead atoms. The van der Waals surface area contributed by atoms with Gasteiger partial charge in [-0.1, -0.05) is 0 Å². The molecule has 1 atom stereocenters. The van der Waals surface area contributed by atoms with E-state index in [9.17, 15) is 23.9 Å². The van der Waals surface area contributed by atoms with Crippen molar-refractivity contribution in [2.75, 3.05) is 18.4 Å². The molecule has 1 aromatic carbocycles. The lowest BCUT2D eigenvalue weighted by atomic mass is 10.2. The number of nitrogens with one attached hydrogen (secondary N) is 3. The third kappa shape index (κ3) is 6.80. The van der Waals surface area contributed by atoms with Gasteiger partial charge in [-0.3, -0.25) is 14.4 Å². The van der Waals surface area contributed by atoms with Gasteiger partial charge in [-0.2, -0.15) is 0 Å². The number of carbonyl (C=O) groups is 3. The second kappa shape index (κ2) is 8.73. The van der Waals surface area contributed by atoms with Crippen molar-refractivity contribution in [1.82, 2.24) is 10.6 Å². The predicted molar refractivity (Wildman–Crippen MR) is 77.3 cm³/mol. The summed E-state index contributed by atoms with van der Waals surface area (Å²) in [7, 11) is 0. The third-order valence-electron chi connectivity index (χ3n) is 2.61. The topological polar surface area (TPSA) is 108 Å². The Morgan fingerprint density at radius 3 is 2.32 bits per heavy atom. The summed E-state index contributed by atoms with van der Waals surface area (Å²) in [4.78, 5) is 33.8. The highest BCUT2D eigenvalue weighted by Crippen LogP contribution is 2.09. The normalized spacial score (nSPS) is 11.4. The predicted octanol–water partition coefficient (Wildman–Crippen LogP) is -0.233. The van der Waals surface area contributed by atoms with Crippen LogP contribution in [0.1, 0.15) is 13.3 Å². The maximum absolute atomic E-state index is 12.7. The van der Waals surface area contributed by atoms with Crippen LogP contribution in [-0.2, 0) is 14.4 Å². The second-order valence-corrected chi connectivity index (χ2v) is 4.55. The van der Waals surface area contributed by atoms with E-state index in [1.54, 1.807) is 0 Å². The summed E-state index contributed by atoms with van der Waals surface area (Å²) in [6.45, 7) is 1.81. The SMILES string of the molecule is CC(=O)NCCNC(=O)C[C@@H](O)C(=O)Nc1ccc(F)cc1. The maximum atomic E-state index is 12.7. The molecule has 0 spiro atoms. The van der Waals surface area contributed by atoms with E-state index >= 15 is 0 Å². The van der Waals surface area contributed by atoms with Gasteiger partial charge in [0.2, 0.25) is 11.8 Å². The Morgan fingerprint density at radius 1 is 1.14 bits per heavy atom. The van der Waals surface area contributed by atoms with Gasteiger partial charge in [0, 0.05) is 25.7 Å². The molecule has 1 rings (SSSR count). The van der Waals surface area contributed by atoms with Crippen LogP contribution in [0.3, 0.4) is 0 Å². The molecule has 3 amide bonds. The molecule has 0 aliphatic carbocycles. The first kappa shape index (κ1) is 17.6. The van der Waals surface area contributed by atoms with Crippen LogP contribution < -0.4 is 16.0 Å². The first-order valence-electron chi connectivity index (χ1n) is 6.64. The molecular weight excluding hydrogens is 293 g/mol. The van der Waals surface area contributed by atoms with Gasteiger partial charge >= 0.3 is 0 Å². The molecule has 8 heteroatoms. The molecule has 0 aromatic heterocycles. The highest BCUT2D eigenvalue weighted by molar-refractivity contribution is 5.96. The van der Waals surface area contributed by atoms with E-state index in [0.29, 0.717) is 5.69 Å². The fourth-order valence-corrected chi connectivity index (χ4v) is 1.54. The minimum Gasteiger partial charge on any atom is -0.383 e. The van der Waals surface area contributed by atoms with E-state index in [-0.39, 0.29) is 19.0 Å². The van der Waals surface area contributed by atoms with Crippen molar-refractivity contribution in [1.29, 1.82) is 0 Å². The Hall–Kier alpha value is -2.48. The molecule has 22 heavy (non-hydrogen) atoms. The van der Waals surface area contributed by atoms with Crippen LogP contribution in [-0.4, -0.2) is 42.0 Å². The average Bonchev–Trinajstić information content (AvgIpc) is 2.45. The zero-order valence-corrected chi connectivity index (χ0v) is 12.1. The maximum Gasteiger partial charge on any atom is 0.253 e. The van der Waals surface area contributed by atoms with Crippen LogP contribution in [0.25, 0.3) is 0 Å². The number of rotatable bonds is 7. The van der Waals surface area contributed by atoms with Crippen molar-refractivity contribution >= 4 is 23.4 Å². The van der Waals surface area contributed by atoms with Crippen LogP contribution in [0.15, 0.2) is 24.3 Å². The minimum absolute atomic E-state index is 0.199. The quantitative estimate of drug-likeness (QED) is 0.522. The number of hydrogen-bond donors (Lipinski definition) is 4. The zero-order valence-electron chi connectivity index (χ0n) is 12.1. The molecule has 1 aromatic rings. The van der Waals surface area contributed by atoms with Crippen molar-refractivity contribution < 1.29 is 23.9 Å². The number of carbonyl (C=O) groups excluding carboxylic acids is 3. The Kier molecular flexibility index (Phi) is 6.97. The van der Waals surface area contributed by atoms with Crippen LogP contribution in [0.5, 0.6) is 0 Å². The Morgan fingerprint density at radius 2 is 1.73 bits per heavy atom. The van der Waals surface area contributed by atoms with Gasteiger partial charge < -0.3 is 21.1 Å². The number of aliphatic hydroxyl groups excluding tert-OH is 1. The van der Waals surface area contributed by atoms with Gasteiger partial charge in [0.1, 0.15) is 11.9 Å². The summed E-state index contributed by atoms with van der Waals surface area (Å²) in [6, 6.07) is 5.01. The summed E-state index contributed by atoms with van der Waals surface area (Å²) < 4.78 is 12.7. The molecule has 0 radical (unpaired) electrons. The Labute approximate surface area is 126 Å². The van der Waals surface area contributed by atoms with E-state index in [0.717, 1.165) is 12.1 Å². The number of anilines is 1. The molecule has 7 nitrogen and oxygen atoms in total. The summed E-state index contributed by atoms with van der Waals surface area (Å²) in [5, 5.41) is 16.9. The van der Waals surface area contributed by atoms with Crippen molar-refractivity contribution in [3.8, 4) is 0 Å². The van der Waals surface area contributed by atoms with Gasteiger partial charge in [0.05, 0.1) is 6.42 Å². The highest BCUT2D eigenvalue weighted by atomic mass is 19.1. The van der Waals surface area contributed by atoms with Crippen LogP contribution in [0, 0.1) is 5.82 Å². The average molecular weight is 311 g/mol. The molecule has 0 saturated carbocycles. The molecule has 0 aliphatic heterocycles. The van der Waals surface area contributed by atoms with Crippen LogP contribution >= 0.6 is 0 Å². The fourth-order valence-electron chi connectivity index (χ4n) is 1.54. The summed E-state index contributed by atoms with van der Waals surface area (Å²) in [5.74, 6) is -1.94. The van der Waals surface area contributed by atoms with Gasteiger partial charge in [-0.15, -0.1) is 0 Å². The van der Waals surface area contributed by atoms with Gasteiger partial charge in [0.25, 0.3) is 5.91 Å². The van der Waals surface area contributed by atoms with Crippen molar-refractivity contribution in [3.05, 3.63) is 30.1 Å². The second-order valence-electron chi connectivity index (χ2n) is 4.55. The lowest BCUT2D eigenvalue weighted by Crippen LogP contribution is -2.37. The van der Waals surface area contributed by atoms with Crippen molar-refractivity contribution in [3.63, 3.8) is 0 Å². The molecular formula is C14H18FN3O4. The minimum atomic E-state index is -1.52. The molecule has 0 unspecified atom stereocenters. The van der Waals surface area contributed by atoms with Crippen LogP contribution in [0.4, 0.5) is 10.1 Å². The lowest BCUT2D eigenvalue weighted by molar-refractivity contribution is -0.131. The van der Waals surface area contributed by atoms with E-state index in [1.165, 1.54) is 19.1 Å². The van der Waals surface area contributed by atoms with Gasteiger partial charge in [-0.05, 0) is 24.3 Å². The molecule has 0 saturated heterocycles. The summed E-state index contributed by atoms with van der Waals surface area (Å²) in [6.07, 6.45) is -1.93. The first-order valence-corrected chi connectivity index (χ1v) is 6.64. The monoisotopic (exact) mass is 311 g/mol. The van der Waals surface area contributed by atoms with Gasteiger partial charge in [0.15, 0.2) is 0 Å². The number of amides is 3. The number of benzene rings is 1. The molecule has 0 fully saturated rings. The molecule has 0 heterocycles. The van der Waals surface area contributed by atoms with E-state index in [1.807, 2.05) is 0 Å². The highest BCUT2D eigenvalue weighted by Gasteiger charge is 2.18. The Bertz CT molecular complexity index is 533. The van der Waals surface area contributed by atoms with E-state index < -0.39 is 30.2 Å². The third-order valence-corrected chi connectivity index (χ3v) is 2.61. The lowest BCUT2D eigenvalue weighted by Gasteiger charge is -2.11. The van der Waals surface area contributed by atoms with Gasteiger partial charge in [-0.25, -0.2) is 4.39 Å². The number of halogens is 1.